The van der Waals surface area contributed by atoms with Crippen LogP contribution in [0.1, 0.15) is 47.2 Å². The van der Waals surface area contributed by atoms with Gasteiger partial charge in [-0.1, -0.05) is 42.7 Å². The zero-order valence-corrected chi connectivity index (χ0v) is 17.7. The van der Waals surface area contributed by atoms with E-state index in [0.717, 1.165) is 36.8 Å². The second-order valence-corrected chi connectivity index (χ2v) is 9.16. The molecule has 1 aliphatic heterocycles. The van der Waals surface area contributed by atoms with E-state index in [1.807, 2.05) is 31.2 Å². The molecule has 0 N–H and O–H groups in total. The van der Waals surface area contributed by atoms with Crippen molar-refractivity contribution in [1.29, 1.82) is 0 Å². The van der Waals surface area contributed by atoms with E-state index in [2.05, 4.69) is 0 Å². The Balaban J connectivity index is 1.83. The standard InChI is InChI=1S/C22H27NO5S/c1-17-8-7-9-18(14-17)16-28-22(24)19-10-11-20(27-2)21(15-19)29(25,26)23-12-5-3-4-6-13-23/h7-11,14-15H,3-6,12-13,16H2,1-2H3. The second kappa shape index (κ2) is 9.41. The van der Waals surface area contributed by atoms with Gasteiger partial charge in [0.15, 0.2) is 0 Å². The normalized spacial score (nSPS) is 15.5. The molecule has 6 nitrogen and oxygen atoms in total. The smallest absolute Gasteiger partial charge is 0.338 e. The topological polar surface area (TPSA) is 72.9 Å². The van der Waals surface area contributed by atoms with Crippen molar-refractivity contribution in [3.8, 4) is 5.75 Å². The lowest BCUT2D eigenvalue weighted by Gasteiger charge is -2.21. The summed E-state index contributed by atoms with van der Waals surface area (Å²) in [7, 11) is -2.33. The van der Waals surface area contributed by atoms with Crippen LogP contribution in [-0.2, 0) is 21.4 Å². The number of hydrogen-bond donors (Lipinski definition) is 0. The number of ether oxygens (including phenoxy) is 2. The van der Waals surface area contributed by atoms with Crippen molar-refractivity contribution in [1.82, 2.24) is 4.31 Å². The number of benzene rings is 2. The first-order chi connectivity index (χ1) is 13.9. The Hall–Kier alpha value is -2.38. The van der Waals surface area contributed by atoms with E-state index in [0.29, 0.717) is 13.1 Å². The summed E-state index contributed by atoms with van der Waals surface area (Å²) in [6.07, 6.45) is 3.71. The number of esters is 1. The maximum absolute atomic E-state index is 13.2. The zero-order chi connectivity index (χ0) is 20.9. The van der Waals surface area contributed by atoms with Crippen LogP contribution in [-0.4, -0.2) is 38.9 Å². The fourth-order valence-corrected chi connectivity index (χ4v) is 5.16. The summed E-state index contributed by atoms with van der Waals surface area (Å²) in [5.41, 5.74) is 2.14. The van der Waals surface area contributed by atoms with Gasteiger partial charge in [0, 0.05) is 13.1 Å². The van der Waals surface area contributed by atoms with E-state index in [-0.39, 0.29) is 22.8 Å². The van der Waals surface area contributed by atoms with Gasteiger partial charge in [0.05, 0.1) is 12.7 Å². The van der Waals surface area contributed by atoms with Gasteiger partial charge in [0.1, 0.15) is 17.3 Å². The summed E-state index contributed by atoms with van der Waals surface area (Å²) >= 11 is 0. The first-order valence-corrected chi connectivity index (χ1v) is 11.3. The average molecular weight is 418 g/mol. The summed E-state index contributed by atoms with van der Waals surface area (Å²) in [4.78, 5) is 12.5. The van der Waals surface area contributed by atoms with Crippen molar-refractivity contribution in [2.45, 2.75) is 44.1 Å². The first kappa shape index (κ1) is 21.3. The Bertz CT molecular complexity index is 963. The summed E-state index contributed by atoms with van der Waals surface area (Å²) in [5, 5.41) is 0. The van der Waals surface area contributed by atoms with Crippen molar-refractivity contribution in [3.05, 3.63) is 59.2 Å². The quantitative estimate of drug-likeness (QED) is 0.666. The number of hydrogen-bond acceptors (Lipinski definition) is 5. The molecule has 1 aliphatic rings. The monoisotopic (exact) mass is 417 g/mol. The molecule has 1 saturated heterocycles. The molecule has 0 atom stereocenters. The minimum absolute atomic E-state index is 0.00639. The highest BCUT2D eigenvalue weighted by atomic mass is 32.2. The van der Waals surface area contributed by atoms with Crippen LogP contribution in [0.25, 0.3) is 0 Å². The van der Waals surface area contributed by atoms with Crippen LogP contribution < -0.4 is 4.74 Å². The number of rotatable bonds is 6. The Kier molecular flexibility index (Phi) is 6.92. The van der Waals surface area contributed by atoms with Gasteiger partial charge >= 0.3 is 5.97 Å². The van der Waals surface area contributed by atoms with E-state index in [1.54, 1.807) is 0 Å². The number of aryl methyl sites for hydroxylation is 1. The molecule has 156 valence electrons. The lowest BCUT2D eigenvalue weighted by molar-refractivity contribution is 0.0472. The molecule has 0 unspecified atom stereocenters. The molecule has 0 bridgehead atoms. The molecule has 7 heteroatoms. The summed E-state index contributed by atoms with van der Waals surface area (Å²) in [5.74, 6) is -0.342. The average Bonchev–Trinajstić information content (AvgIpc) is 3.02. The summed E-state index contributed by atoms with van der Waals surface area (Å²) < 4.78 is 38.6. The van der Waals surface area contributed by atoms with Crippen LogP contribution in [0, 0.1) is 6.92 Å². The third-order valence-corrected chi connectivity index (χ3v) is 6.95. The van der Waals surface area contributed by atoms with Gasteiger partial charge < -0.3 is 9.47 Å². The maximum Gasteiger partial charge on any atom is 0.338 e. The molecule has 0 spiro atoms. The predicted octanol–water partition coefficient (Wildman–Crippen LogP) is 3.93. The van der Waals surface area contributed by atoms with Crippen molar-refractivity contribution in [3.63, 3.8) is 0 Å². The fraction of sp³-hybridized carbons (Fsp3) is 0.409. The van der Waals surface area contributed by atoms with Gasteiger partial charge in [-0.3, -0.25) is 0 Å². The third-order valence-electron chi connectivity index (χ3n) is 5.03. The Morgan fingerprint density at radius 3 is 2.41 bits per heavy atom. The largest absolute Gasteiger partial charge is 0.495 e. The summed E-state index contributed by atoms with van der Waals surface area (Å²) in [6.45, 7) is 3.05. The third kappa shape index (κ3) is 5.16. The van der Waals surface area contributed by atoms with E-state index in [1.165, 1.54) is 29.6 Å². The molecule has 2 aromatic rings. The highest BCUT2D eigenvalue weighted by Crippen LogP contribution is 2.29. The van der Waals surface area contributed by atoms with Gasteiger partial charge in [-0.15, -0.1) is 0 Å². The van der Waals surface area contributed by atoms with Crippen molar-refractivity contribution >= 4 is 16.0 Å². The predicted molar refractivity (Wildman–Crippen MR) is 111 cm³/mol. The van der Waals surface area contributed by atoms with Crippen LogP contribution in [0.3, 0.4) is 0 Å². The number of methoxy groups -OCH3 is 1. The van der Waals surface area contributed by atoms with Gasteiger partial charge in [-0.2, -0.15) is 4.31 Å². The molecule has 2 aromatic carbocycles. The number of carbonyl (C=O) groups is 1. The van der Waals surface area contributed by atoms with Gasteiger partial charge in [-0.25, -0.2) is 13.2 Å². The SMILES string of the molecule is COc1ccc(C(=O)OCc2cccc(C)c2)cc1S(=O)(=O)N1CCCCCC1. The molecule has 0 saturated carbocycles. The van der Waals surface area contributed by atoms with Gasteiger partial charge in [-0.05, 0) is 43.5 Å². The minimum Gasteiger partial charge on any atom is -0.495 e. The molecular weight excluding hydrogens is 390 g/mol. The van der Waals surface area contributed by atoms with Crippen LogP contribution in [0.2, 0.25) is 0 Å². The Morgan fingerprint density at radius 1 is 1.03 bits per heavy atom. The minimum atomic E-state index is -3.76. The molecule has 0 amide bonds. The Labute approximate surface area is 172 Å². The van der Waals surface area contributed by atoms with Crippen LogP contribution in [0.4, 0.5) is 0 Å². The summed E-state index contributed by atoms with van der Waals surface area (Å²) in [6, 6.07) is 12.1. The number of nitrogens with zero attached hydrogens (tertiary/aromatic N) is 1. The lowest BCUT2D eigenvalue weighted by Crippen LogP contribution is -2.32. The zero-order valence-electron chi connectivity index (χ0n) is 16.9. The van der Waals surface area contributed by atoms with Crippen molar-refractivity contribution in [2.75, 3.05) is 20.2 Å². The highest BCUT2D eigenvalue weighted by molar-refractivity contribution is 7.89. The van der Waals surface area contributed by atoms with E-state index in [9.17, 15) is 13.2 Å². The van der Waals surface area contributed by atoms with Crippen molar-refractivity contribution < 1.29 is 22.7 Å². The number of sulfonamides is 1. The van der Waals surface area contributed by atoms with Gasteiger partial charge in [0.2, 0.25) is 10.0 Å². The molecule has 3 rings (SSSR count). The molecule has 0 aliphatic carbocycles. The first-order valence-electron chi connectivity index (χ1n) is 9.82. The maximum atomic E-state index is 13.2. The van der Waals surface area contributed by atoms with Gasteiger partial charge in [0.25, 0.3) is 0 Å². The second-order valence-electron chi connectivity index (χ2n) is 7.25. The highest BCUT2D eigenvalue weighted by Gasteiger charge is 2.29. The molecule has 29 heavy (non-hydrogen) atoms. The van der Waals surface area contributed by atoms with Crippen LogP contribution in [0.15, 0.2) is 47.4 Å². The van der Waals surface area contributed by atoms with Crippen LogP contribution >= 0.6 is 0 Å². The van der Waals surface area contributed by atoms with Crippen LogP contribution in [0.5, 0.6) is 5.75 Å². The fourth-order valence-electron chi connectivity index (χ4n) is 3.46. The molecule has 0 radical (unpaired) electrons. The molecule has 1 fully saturated rings. The molecule has 1 heterocycles. The van der Waals surface area contributed by atoms with E-state index >= 15 is 0 Å². The molecule has 0 aromatic heterocycles. The Morgan fingerprint density at radius 2 is 1.76 bits per heavy atom. The number of carbonyl (C=O) groups excluding carboxylic acids is 1. The van der Waals surface area contributed by atoms with Crippen molar-refractivity contribution in [2.24, 2.45) is 0 Å². The van der Waals surface area contributed by atoms with E-state index < -0.39 is 16.0 Å². The lowest BCUT2D eigenvalue weighted by atomic mass is 10.1. The molecular formula is C22H27NO5S. The van der Waals surface area contributed by atoms with E-state index in [4.69, 9.17) is 9.47 Å².